The average Bonchev–Trinajstić information content (AvgIpc) is 2.33. The summed E-state index contributed by atoms with van der Waals surface area (Å²) in [5, 5.41) is 11.2. The topological polar surface area (TPSA) is 69.6 Å². The molecule has 0 atom stereocenters. The van der Waals surface area contributed by atoms with Gasteiger partial charge in [0.15, 0.2) is 0 Å². The van der Waals surface area contributed by atoms with Gasteiger partial charge in [-0.2, -0.15) is 13.2 Å². The first kappa shape index (κ1) is 15.9. The van der Waals surface area contributed by atoms with Gasteiger partial charge in [0.05, 0.1) is 5.92 Å². The third-order valence-electron chi connectivity index (χ3n) is 2.78. The quantitative estimate of drug-likeness (QED) is 0.776. The molecule has 1 heterocycles. The highest BCUT2D eigenvalue weighted by Gasteiger charge is 2.28. The van der Waals surface area contributed by atoms with Crippen molar-refractivity contribution in [2.45, 2.75) is 18.3 Å². The highest BCUT2D eigenvalue weighted by Crippen LogP contribution is 2.29. The number of piperidine rings is 1. The molecule has 1 saturated heterocycles. The monoisotopic (exact) mass is 300 g/mol. The smallest absolute Gasteiger partial charge is 0.441 e. The molecule has 0 aromatic carbocycles. The van der Waals surface area contributed by atoms with Crippen LogP contribution < -0.4 is 5.32 Å². The number of aliphatic carboxylic acids is 1. The van der Waals surface area contributed by atoms with E-state index in [4.69, 9.17) is 5.11 Å². The van der Waals surface area contributed by atoms with Crippen molar-refractivity contribution in [2.75, 3.05) is 25.4 Å². The number of halogens is 3. The van der Waals surface area contributed by atoms with E-state index in [1.165, 1.54) is 4.90 Å². The van der Waals surface area contributed by atoms with Gasteiger partial charge < -0.3 is 15.3 Å². The third-order valence-corrected chi connectivity index (χ3v) is 3.51. The molecule has 0 unspecified atom stereocenters. The third kappa shape index (κ3) is 6.04. The first-order chi connectivity index (χ1) is 8.79. The fourth-order valence-corrected chi connectivity index (χ4v) is 2.20. The summed E-state index contributed by atoms with van der Waals surface area (Å²) < 4.78 is 35.5. The zero-order valence-corrected chi connectivity index (χ0v) is 10.9. The Hall–Kier alpha value is -1.12. The summed E-state index contributed by atoms with van der Waals surface area (Å²) in [5.74, 6) is -1.55. The van der Waals surface area contributed by atoms with E-state index in [0.717, 1.165) is 0 Å². The average molecular weight is 300 g/mol. The van der Waals surface area contributed by atoms with Crippen molar-refractivity contribution in [1.29, 1.82) is 0 Å². The minimum Gasteiger partial charge on any atom is -0.481 e. The molecule has 5 nitrogen and oxygen atoms in total. The van der Waals surface area contributed by atoms with E-state index >= 15 is 0 Å². The molecule has 19 heavy (non-hydrogen) atoms. The van der Waals surface area contributed by atoms with Crippen molar-refractivity contribution in [3.05, 3.63) is 0 Å². The fourth-order valence-electron chi connectivity index (χ4n) is 1.77. The maximum atomic E-state index is 11.8. The lowest BCUT2D eigenvalue weighted by Gasteiger charge is -2.30. The van der Waals surface area contributed by atoms with Gasteiger partial charge in [-0.25, -0.2) is 4.79 Å². The van der Waals surface area contributed by atoms with Gasteiger partial charge >= 0.3 is 17.5 Å². The standard InChI is InChI=1S/C10H15F3N2O3S/c11-10(12,13)19-6-3-14-9(18)15-4-1-7(2-5-15)8(16)17/h7H,1-6H2,(H,14,18)(H,16,17). The van der Waals surface area contributed by atoms with Crippen molar-refractivity contribution in [3.8, 4) is 0 Å². The Morgan fingerprint density at radius 3 is 2.37 bits per heavy atom. The number of hydrogen-bond acceptors (Lipinski definition) is 3. The number of likely N-dealkylation sites (tertiary alicyclic amines) is 1. The number of nitrogens with one attached hydrogen (secondary N) is 1. The zero-order chi connectivity index (χ0) is 14.5. The van der Waals surface area contributed by atoms with Crippen LogP contribution in [0.4, 0.5) is 18.0 Å². The maximum Gasteiger partial charge on any atom is 0.441 e. The number of carboxylic acids is 1. The van der Waals surface area contributed by atoms with Gasteiger partial charge in [-0.05, 0) is 24.6 Å². The summed E-state index contributed by atoms with van der Waals surface area (Å²) in [7, 11) is 0. The van der Waals surface area contributed by atoms with Crippen molar-refractivity contribution in [3.63, 3.8) is 0 Å². The van der Waals surface area contributed by atoms with E-state index in [1.54, 1.807) is 0 Å². The summed E-state index contributed by atoms with van der Waals surface area (Å²) >= 11 is -0.184. The number of nitrogens with zero attached hydrogens (tertiary/aromatic N) is 1. The Labute approximate surface area is 112 Å². The zero-order valence-electron chi connectivity index (χ0n) is 10.1. The van der Waals surface area contributed by atoms with Crippen molar-refractivity contribution >= 4 is 23.8 Å². The molecule has 2 N–H and O–H groups in total. The lowest BCUT2D eigenvalue weighted by Crippen LogP contribution is -2.46. The van der Waals surface area contributed by atoms with Crippen LogP contribution in [-0.2, 0) is 4.79 Å². The van der Waals surface area contributed by atoms with Gasteiger partial charge in [0.1, 0.15) is 0 Å². The first-order valence-corrected chi connectivity index (χ1v) is 6.74. The summed E-state index contributed by atoms with van der Waals surface area (Å²) in [6, 6.07) is -0.438. The Balaban J connectivity index is 2.19. The highest BCUT2D eigenvalue weighted by atomic mass is 32.2. The van der Waals surface area contributed by atoms with Crippen LogP contribution in [0, 0.1) is 5.92 Å². The van der Waals surface area contributed by atoms with Crippen LogP contribution >= 0.6 is 11.8 Å². The van der Waals surface area contributed by atoms with E-state index in [1.807, 2.05) is 0 Å². The SMILES string of the molecule is O=C(O)C1CCN(C(=O)NCCSC(F)(F)F)CC1. The van der Waals surface area contributed by atoms with Crippen LogP contribution in [-0.4, -0.2) is 52.9 Å². The summed E-state index contributed by atoms with van der Waals surface area (Å²) in [6.45, 7) is 0.562. The first-order valence-electron chi connectivity index (χ1n) is 5.76. The number of rotatable bonds is 4. The van der Waals surface area contributed by atoms with Crippen LogP contribution in [0.15, 0.2) is 0 Å². The minimum absolute atomic E-state index is 0.0676. The van der Waals surface area contributed by atoms with E-state index in [2.05, 4.69) is 5.32 Å². The Bertz CT molecular complexity index is 330. The molecule has 0 saturated carbocycles. The van der Waals surface area contributed by atoms with E-state index in [-0.39, 0.29) is 24.1 Å². The molecule has 9 heteroatoms. The number of carbonyl (C=O) groups is 2. The predicted octanol–water partition coefficient (Wildman–Crippen LogP) is 1.75. The van der Waals surface area contributed by atoms with Crippen LogP contribution in [0.5, 0.6) is 0 Å². The van der Waals surface area contributed by atoms with Gasteiger partial charge in [0.25, 0.3) is 0 Å². The fraction of sp³-hybridized carbons (Fsp3) is 0.800. The van der Waals surface area contributed by atoms with Crippen LogP contribution in [0.3, 0.4) is 0 Å². The van der Waals surface area contributed by atoms with E-state index in [0.29, 0.717) is 25.9 Å². The normalized spacial score (nSPS) is 17.3. The van der Waals surface area contributed by atoms with Gasteiger partial charge in [-0.3, -0.25) is 4.79 Å². The van der Waals surface area contributed by atoms with Gasteiger partial charge in [-0.15, -0.1) is 0 Å². The number of urea groups is 1. The van der Waals surface area contributed by atoms with Gasteiger partial charge in [0.2, 0.25) is 0 Å². The number of carboxylic acid groups (broad SMARTS) is 1. The van der Waals surface area contributed by atoms with Gasteiger partial charge in [-0.1, -0.05) is 0 Å². The molecule has 0 radical (unpaired) electrons. The molecule has 1 aliphatic rings. The van der Waals surface area contributed by atoms with Crippen molar-refractivity contribution in [2.24, 2.45) is 5.92 Å². The van der Waals surface area contributed by atoms with Crippen molar-refractivity contribution in [1.82, 2.24) is 10.2 Å². The number of amides is 2. The number of hydrogen-bond donors (Lipinski definition) is 2. The lowest BCUT2D eigenvalue weighted by molar-refractivity contribution is -0.143. The minimum atomic E-state index is -4.29. The predicted molar refractivity (Wildman–Crippen MR) is 63.8 cm³/mol. The summed E-state index contributed by atoms with van der Waals surface area (Å²) in [4.78, 5) is 23.7. The van der Waals surface area contributed by atoms with Crippen LogP contribution in [0.25, 0.3) is 0 Å². The molecular weight excluding hydrogens is 285 g/mol. The maximum absolute atomic E-state index is 11.8. The van der Waals surface area contributed by atoms with Crippen LogP contribution in [0.2, 0.25) is 0 Å². The molecule has 2 amide bonds. The molecule has 1 aliphatic heterocycles. The highest BCUT2D eigenvalue weighted by molar-refractivity contribution is 8.00. The Morgan fingerprint density at radius 2 is 1.89 bits per heavy atom. The molecule has 0 aromatic heterocycles. The molecular formula is C10H15F3N2O3S. The Kier molecular flexibility index (Phi) is 5.77. The largest absolute Gasteiger partial charge is 0.481 e. The molecule has 0 aromatic rings. The molecule has 110 valence electrons. The summed E-state index contributed by atoms with van der Waals surface area (Å²) in [6.07, 6.45) is 0.750. The molecule has 1 fully saturated rings. The number of thioether (sulfide) groups is 1. The summed E-state index contributed by atoms with van der Waals surface area (Å²) in [5.41, 5.74) is -4.29. The number of alkyl halides is 3. The van der Waals surface area contributed by atoms with E-state index < -0.39 is 23.4 Å². The van der Waals surface area contributed by atoms with Gasteiger partial charge in [0, 0.05) is 25.4 Å². The van der Waals surface area contributed by atoms with Crippen molar-refractivity contribution < 1.29 is 27.9 Å². The second-order valence-corrected chi connectivity index (χ2v) is 5.29. The van der Waals surface area contributed by atoms with Crippen LogP contribution in [0.1, 0.15) is 12.8 Å². The lowest BCUT2D eigenvalue weighted by atomic mass is 9.97. The second-order valence-electron chi connectivity index (χ2n) is 4.13. The Morgan fingerprint density at radius 1 is 1.32 bits per heavy atom. The number of carbonyl (C=O) groups excluding carboxylic acids is 1. The molecule has 0 bridgehead atoms. The molecule has 1 rings (SSSR count). The molecule has 0 aliphatic carbocycles. The molecule has 0 spiro atoms. The second kappa shape index (κ2) is 6.88. The van der Waals surface area contributed by atoms with E-state index in [9.17, 15) is 22.8 Å².